The zero-order valence-corrected chi connectivity index (χ0v) is 17.4. The number of hydrogen-bond acceptors (Lipinski definition) is 3. The first-order chi connectivity index (χ1) is 13.5. The summed E-state index contributed by atoms with van der Waals surface area (Å²) in [5.74, 6) is -0.748. The van der Waals surface area contributed by atoms with E-state index < -0.39 is 5.97 Å². The van der Waals surface area contributed by atoms with E-state index in [0.29, 0.717) is 26.8 Å². The fourth-order valence-corrected chi connectivity index (χ4v) is 3.76. The minimum atomic E-state index is -1.13. The monoisotopic (exact) mass is 498 g/mol. The summed E-state index contributed by atoms with van der Waals surface area (Å²) in [6.07, 6.45) is 0. The normalized spacial score (nSPS) is 10.9. The minimum Gasteiger partial charge on any atom is -0.478 e. The molecule has 0 aliphatic heterocycles. The van der Waals surface area contributed by atoms with Gasteiger partial charge in [-0.25, -0.2) is 9.78 Å². The van der Waals surface area contributed by atoms with Crippen LogP contribution < -0.4 is 5.56 Å². The van der Waals surface area contributed by atoms with Gasteiger partial charge in [-0.15, -0.1) is 0 Å². The SMILES string of the molecule is O=C(O)c1cc(Br)ccc1-n1c(-c2ccccc2)nc2ccc(Br)cc2c1=O. The Morgan fingerprint density at radius 1 is 0.929 bits per heavy atom. The van der Waals surface area contributed by atoms with Crippen molar-refractivity contribution in [1.29, 1.82) is 0 Å². The Hall–Kier alpha value is -2.77. The van der Waals surface area contributed by atoms with Gasteiger partial charge in [0.2, 0.25) is 0 Å². The summed E-state index contributed by atoms with van der Waals surface area (Å²) in [6.45, 7) is 0. The molecule has 0 aliphatic carbocycles. The molecule has 3 aromatic carbocycles. The Morgan fingerprint density at radius 2 is 1.61 bits per heavy atom. The molecule has 1 N–H and O–H groups in total. The first kappa shape index (κ1) is 18.6. The molecule has 1 heterocycles. The average molecular weight is 500 g/mol. The molecular weight excluding hydrogens is 488 g/mol. The number of aromatic nitrogens is 2. The average Bonchev–Trinajstić information content (AvgIpc) is 2.69. The van der Waals surface area contributed by atoms with E-state index in [1.165, 1.54) is 10.6 Å². The highest BCUT2D eigenvalue weighted by Crippen LogP contribution is 2.26. The molecule has 0 unspecified atom stereocenters. The summed E-state index contributed by atoms with van der Waals surface area (Å²) in [5.41, 5.74) is 1.18. The van der Waals surface area contributed by atoms with Gasteiger partial charge in [0.25, 0.3) is 5.56 Å². The summed E-state index contributed by atoms with van der Waals surface area (Å²) >= 11 is 6.68. The Bertz CT molecular complexity index is 1280. The van der Waals surface area contributed by atoms with Gasteiger partial charge < -0.3 is 5.11 Å². The third-order valence-electron chi connectivity index (χ3n) is 4.29. The topological polar surface area (TPSA) is 72.2 Å². The van der Waals surface area contributed by atoms with E-state index >= 15 is 0 Å². The van der Waals surface area contributed by atoms with Crippen LogP contribution >= 0.6 is 31.9 Å². The van der Waals surface area contributed by atoms with Gasteiger partial charge in [0.15, 0.2) is 0 Å². The summed E-state index contributed by atoms with van der Waals surface area (Å²) in [4.78, 5) is 30.0. The fourth-order valence-electron chi connectivity index (χ4n) is 3.04. The summed E-state index contributed by atoms with van der Waals surface area (Å²) in [6, 6.07) is 19.3. The number of carboxylic acid groups (broad SMARTS) is 1. The van der Waals surface area contributed by atoms with Crippen LogP contribution in [0.3, 0.4) is 0 Å². The van der Waals surface area contributed by atoms with E-state index in [1.54, 1.807) is 24.3 Å². The van der Waals surface area contributed by atoms with Crippen molar-refractivity contribution in [2.24, 2.45) is 0 Å². The molecule has 0 bridgehead atoms. The Morgan fingerprint density at radius 3 is 2.32 bits per heavy atom. The molecule has 4 rings (SSSR count). The van der Waals surface area contributed by atoms with Gasteiger partial charge in [0, 0.05) is 14.5 Å². The van der Waals surface area contributed by atoms with Crippen LogP contribution in [-0.4, -0.2) is 20.6 Å². The number of aromatic carboxylic acids is 1. The van der Waals surface area contributed by atoms with Crippen molar-refractivity contribution < 1.29 is 9.90 Å². The summed E-state index contributed by atoms with van der Waals surface area (Å²) in [7, 11) is 0. The molecule has 0 radical (unpaired) electrons. The predicted molar refractivity (Wildman–Crippen MR) is 115 cm³/mol. The largest absolute Gasteiger partial charge is 0.478 e. The number of fused-ring (bicyclic) bond motifs is 1. The Balaban J connectivity index is 2.17. The number of carbonyl (C=O) groups is 1. The fraction of sp³-hybridized carbons (Fsp3) is 0. The highest BCUT2D eigenvalue weighted by atomic mass is 79.9. The van der Waals surface area contributed by atoms with Crippen molar-refractivity contribution in [3.8, 4) is 17.1 Å². The number of rotatable bonds is 3. The van der Waals surface area contributed by atoms with Crippen LogP contribution in [0.1, 0.15) is 10.4 Å². The van der Waals surface area contributed by atoms with Crippen molar-refractivity contribution in [3.05, 3.63) is 91.6 Å². The van der Waals surface area contributed by atoms with Gasteiger partial charge in [-0.05, 0) is 36.4 Å². The molecule has 1 aromatic heterocycles. The maximum absolute atomic E-state index is 13.4. The molecule has 0 spiro atoms. The summed E-state index contributed by atoms with van der Waals surface area (Å²) in [5, 5.41) is 10.1. The lowest BCUT2D eigenvalue weighted by atomic mass is 10.1. The molecule has 0 fully saturated rings. The third kappa shape index (κ3) is 3.27. The Kier molecular flexibility index (Phi) is 4.87. The summed E-state index contributed by atoms with van der Waals surface area (Å²) < 4.78 is 2.71. The van der Waals surface area contributed by atoms with Crippen LogP contribution in [0, 0.1) is 0 Å². The molecule has 138 valence electrons. The molecule has 0 amide bonds. The molecular formula is C21H12Br2N2O3. The second-order valence-corrected chi connectivity index (χ2v) is 7.90. The highest BCUT2D eigenvalue weighted by Gasteiger charge is 2.20. The number of halogens is 2. The third-order valence-corrected chi connectivity index (χ3v) is 5.28. The maximum Gasteiger partial charge on any atom is 0.337 e. The van der Waals surface area contributed by atoms with E-state index in [-0.39, 0.29) is 16.8 Å². The van der Waals surface area contributed by atoms with Crippen LogP contribution in [0.2, 0.25) is 0 Å². The Labute approximate surface area is 176 Å². The number of carboxylic acids is 1. The first-order valence-electron chi connectivity index (χ1n) is 8.26. The van der Waals surface area contributed by atoms with Crippen LogP contribution in [0.5, 0.6) is 0 Å². The predicted octanol–water partition coefficient (Wildman–Crippen LogP) is 5.28. The van der Waals surface area contributed by atoms with E-state index in [9.17, 15) is 14.7 Å². The lowest BCUT2D eigenvalue weighted by Crippen LogP contribution is -2.24. The van der Waals surface area contributed by atoms with Crippen molar-refractivity contribution in [3.63, 3.8) is 0 Å². The molecule has 0 aliphatic rings. The number of hydrogen-bond donors (Lipinski definition) is 1. The molecule has 0 saturated carbocycles. The molecule has 4 aromatic rings. The van der Waals surface area contributed by atoms with Crippen molar-refractivity contribution in [1.82, 2.24) is 9.55 Å². The van der Waals surface area contributed by atoms with Crippen molar-refractivity contribution in [2.75, 3.05) is 0 Å². The van der Waals surface area contributed by atoms with Gasteiger partial charge in [-0.3, -0.25) is 9.36 Å². The van der Waals surface area contributed by atoms with Gasteiger partial charge in [0.1, 0.15) is 5.82 Å². The van der Waals surface area contributed by atoms with Gasteiger partial charge in [-0.1, -0.05) is 62.2 Å². The van der Waals surface area contributed by atoms with Gasteiger partial charge >= 0.3 is 5.97 Å². The van der Waals surface area contributed by atoms with Crippen molar-refractivity contribution >= 4 is 48.7 Å². The quantitative estimate of drug-likeness (QED) is 0.416. The molecule has 28 heavy (non-hydrogen) atoms. The molecule has 0 saturated heterocycles. The lowest BCUT2D eigenvalue weighted by molar-refractivity contribution is 0.0697. The maximum atomic E-state index is 13.4. The first-order valence-corrected chi connectivity index (χ1v) is 9.85. The van der Waals surface area contributed by atoms with Crippen LogP contribution in [-0.2, 0) is 0 Å². The minimum absolute atomic E-state index is 0.00445. The lowest BCUT2D eigenvalue weighted by Gasteiger charge is -2.16. The van der Waals surface area contributed by atoms with Crippen LogP contribution in [0.4, 0.5) is 0 Å². The van der Waals surface area contributed by atoms with E-state index in [0.717, 1.165) is 4.47 Å². The van der Waals surface area contributed by atoms with Crippen LogP contribution in [0.15, 0.2) is 80.5 Å². The number of benzene rings is 3. The van der Waals surface area contributed by atoms with E-state index in [4.69, 9.17) is 0 Å². The van der Waals surface area contributed by atoms with Gasteiger partial charge in [0.05, 0.1) is 22.2 Å². The second-order valence-electron chi connectivity index (χ2n) is 6.07. The van der Waals surface area contributed by atoms with Crippen LogP contribution in [0.25, 0.3) is 28.0 Å². The standard InChI is InChI=1S/C21H12Br2N2O3/c22-13-6-8-17-15(10-13)20(26)25(19(24-17)12-4-2-1-3-5-12)18-9-7-14(23)11-16(18)21(27)28/h1-11H,(H,27,28). The molecule has 0 atom stereocenters. The van der Waals surface area contributed by atoms with Gasteiger partial charge in [-0.2, -0.15) is 0 Å². The molecule has 5 nitrogen and oxygen atoms in total. The van der Waals surface area contributed by atoms with E-state index in [1.807, 2.05) is 36.4 Å². The van der Waals surface area contributed by atoms with Crippen molar-refractivity contribution in [2.45, 2.75) is 0 Å². The number of nitrogens with zero attached hydrogens (tertiary/aromatic N) is 2. The highest BCUT2D eigenvalue weighted by molar-refractivity contribution is 9.10. The molecule has 7 heteroatoms. The second kappa shape index (κ2) is 7.33. The zero-order chi connectivity index (χ0) is 19.8. The zero-order valence-electron chi connectivity index (χ0n) is 14.3. The smallest absolute Gasteiger partial charge is 0.337 e. The van der Waals surface area contributed by atoms with E-state index in [2.05, 4.69) is 36.8 Å².